The van der Waals surface area contributed by atoms with E-state index in [1.54, 1.807) is 12.4 Å². The Balaban J connectivity index is 1.81. The summed E-state index contributed by atoms with van der Waals surface area (Å²) >= 11 is 4.77. The van der Waals surface area contributed by atoms with Gasteiger partial charge >= 0.3 is 0 Å². The van der Waals surface area contributed by atoms with E-state index in [1.807, 2.05) is 24.3 Å². The van der Waals surface area contributed by atoms with Crippen LogP contribution in [0.4, 0.5) is 0 Å². The molecule has 2 rings (SSSR count). The highest BCUT2D eigenvalue weighted by Crippen LogP contribution is 2.21. The number of halogens is 1. The fourth-order valence-electron chi connectivity index (χ4n) is 1.39. The Bertz CT molecular complexity index is 498. The maximum Gasteiger partial charge on any atom is 0.261 e. The lowest BCUT2D eigenvalue weighted by atomic mass is 10.2. The molecule has 0 saturated heterocycles. The smallest absolute Gasteiger partial charge is 0.261 e. The summed E-state index contributed by atoms with van der Waals surface area (Å²) in [6.45, 7) is 0.637. The second-order valence-electron chi connectivity index (χ2n) is 3.47. The van der Waals surface area contributed by atoms with Crippen molar-refractivity contribution in [1.82, 2.24) is 10.3 Å². The molecule has 0 aromatic carbocycles. The minimum atomic E-state index is -0.0187. The number of rotatable bonds is 4. The van der Waals surface area contributed by atoms with Crippen LogP contribution in [0.25, 0.3) is 0 Å². The molecule has 1 N–H and O–H groups in total. The summed E-state index contributed by atoms with van der Waals surface area (Å²) in [6, 6.07) is 7.60. The van der Waals surface area contributed by atoms with E-state index in [4.69, 9.17) is 0 Å². The fraction of sp³-hybridized carbons (Fsp3) is 0.167. The second kappa shape index (κ2) is 5.93. The average Bonchev–Trinajstić information content (AvgIpc) is 2.77. The Morgan fingerprint density at radius 3 is 2.71 bits per heavy atom. The minimum absolute atomic E-state index is 0.0187. The summed E-state index contributed by atoms with van der Waals surface area (Å²) in [5, 5.41) is 2.89. The van der Waals surface area contributed by atoms with Crippen LogP contribution in [-0.4, -0.2) is 17.4 Å². The molecule has 3 nitrogen and oxygen atoms in total. The normalized spacial score (nSPS) is 10.2. The van der Waals surface area contributed by atoms with Crippen LogP contribution in [-0.2, 0) is 6.42 Å². The molecule has 0 atom stereocenters. The van der Waals surface area contributed by atoms with Crippen molar-refractivity contribution in [3.05, 3.63) is 50.9 Å². The number of carbonyl (C=O) groups is 1. The lowest BCUT2D eigenvalue weighted by Gasteiger charge is -2.03. The summed E-state index contributed by atoms with van der Waals surface area (Å²) in [4.78, 5) is 16.4. The van der Waals surface area contributed by atoms with Crippen molar-refractivity contribution in [3.63, 3.8) is 0 Å². The highest BCUT2D eigenvalue weighted by atomic mass is 79.9. The van der Waals surface area contributed by atoms with E-state index in [0.29, 0.717) is 6.54 Å². The topological polar surface area (TPSA) is 42.0 Å². The van der Waals surface area contributed by atoms with E-state index in [0.717, 1.165) is 15.1 Å². The first kappa shape index (κ1) is 12.3. The molecule has 1 amide bonds. The Kier molecular flexibility index (Phi) is 4.28. The third-order valence-electron chi connectivity index (χ3n) is 2.25. The van der Waals surface area contributed by atoms with Gasteiger partial charge in [0, 0.05) is 18.9 Å². The quantitative estimate of drug-likeness (QED) is 0.943. The zero-order valence-corrected chi connectivity index (χ0v) is 11.4. The van der Waals surface area contributed by atoms with Crippen LogP contribution in [0.5, 0.6) is 0 Å². The van der Waals surface area contributed by atoms with Gasteiger partial charge in [-0.25, -0.2) is 0 Å². The molecule has 17 heavy (non-hydrogen) atoms. The van der Waals surface area contributed by atoms with Crippen molar-refractivity contribution in [2.45, 2.75) is 6.42 Å². The van der Waals surface area contributed by atoms with Crippen molar-refractivity contribution in [2.24, 2.45) is 0 Å². The molecule has 0 saturated carbocycles. The molecule has 2 heterocycles. The molecule has 0 aliphatic carbocycles. The minimum Gasteiger partial charge on any atom is -0.351 e. The number of amides is 1. The van der Waals surface area contributed by atoms with Gasteiger partial charge in [0.05, 0.1) is 8.66 Å². The summed E-state index contributed by atoms with van der Waals surface area (Å²) in [5.41, 5.74) is 1.17. The largest absolute Gasteiger partial charge is 0.351 e. The highest BCUT2D eigenvalue weighted by molar-refractivity contribution is 9.11. The van der Waals surface area contributed by atoms with Crippen LogP contribution >= 0.6 is 27.3 Å². The van der Waals surface area contributed by atoms with E-state index in [1.165, 1.54) is 16.9 Å². The number of thiophene rings is 1. The number of hydrogen-bond donors (Lipinski definition) is 1. The number of aromatic nitrogens is 1. The van der Waals surface area contributed by atoms with Crippen LogP contribution in [0, 0.1) is 0 Å². The zero-order valence-electron chi connectivity index (χ0n) is 9.02. The van der Waals surface area contributed by atoms with Crippen molar-refractivity contribution in [2.75, 3.05) is 6.54 Å². The first-order chi connectivity index (χ1) is 8.25. The number of carbonyl (C=O) groups excluding carboxylic acids is 1. The van der Waals surface area contributed by atoms with Crippen molar-refractivity contribution in [3.8, 4) is 0 Å². The Morgan fingerprint density at radius 1 is 1.29 bits per heavy atom. The molecule has 0 unspecified atom stereocenters. The van der Waals surface area contributed by atoms with Crippen LogP contribution in [0.2, 0.25) is 0 Å². The molecule has 5 heteroatoms. The Hall–Kier alpha value is -1.20. The molecule has 0 radical (unpaired) electrons. The van der Waals surface area contributed by atoms with Gasteiger partial charge in [0.25, 0.3) is 5.91 Å². The summed E-state index contributed by atoms with van der Waals surface area (Å²) < 4.78 is 0.969. The zero-order chi connectivity index (χ0) is 12.1. The van der Waals surface area contributed by atoms with Crippen LogP contribution in [0.1, 0.15) is 15.2 Å². The van der Waals surface area contributed by atoms with Crippen LogP contribution in [0.15, 0.2) is 40.4 Å². The molecule has 0 bridgehead atoms. The maximum atomic E-state index is 11.7. The van der Waals surface area contributed by atoms with Gasteiger partial charge in [-0.15, -0.1) is 11.3 Å². The first-order valence-electron chi connectivity index (χ1n) is 5.18. The van der Waals surface area contributed by atoms with Gasteiger partial charge in [0.15, 0.2) is 0 Å². The predicted molar refractivity (Wildman–Crippen MR) is 72.3 cm³/mol. The van der Waals surface area contributed by atoms with Crippen LogP contribution in [0.3, 0.4) is 0 Å². The molecule has 88 valence electrons. The number of nitrogens with one attached hydrogen (secondary N) is 1. The predicted octanol–water partition coefficient (Wildman–Crippen LogP) is 2.88. The monoisotopic (exact) mass is 310 g/mol. The van der Waals surface area contributed by atoms with E-state index in [-0.39, 0.29) is 5.91 Å². The van der Waals surface area contributed by atoms with Gasteiger partial charge in [-0.2, -0.15) is 0 Å². The average molecular weight is 311 g/mol. The third kappa shape index (κ3) is 3.64. The van der Waals surface area contributed by atoms with Gasteiger partial charge in [-0.1, -0.05) is 0 Å². The molecular weight excluding hydrogens is 300 g/mol. The molecule has 0 fully saturated rings. The molecule has 0 aliphatic rings. The van der Waals surface area contributed by atoms with E-state index in [2.05, 4.69) is 26.2 Å². The standard InChI is InChI=1S/C12H11BrN2OS/c13-11-2-1-10(17-11)12(16)15-8-5-9-3-6-14-7-4-9/h1-4,6-7H,5,8H2,(H,15,16). The molecular formula is C12H11BrN2OS. The van der Waals surface area contributed by atoms with Gasteiger partial charge in [-0.05, 0) is 52.2 Å². The summed E-state index contributed by atoms with van der Waals surface area (Å²) in [6.07, 6.45) is 4.34. The van der Waals surface area contributed by atoms with Crippen molar-refractivity contribution in [1.29, 1.82) is 0 Å². The maximum absolute atomic E-state index is 11.7. The van der Waals surface area contributed by atoms with E-state index < -0.39 is 0 Å². The lowest BCUT2D eigenvalue weighted by molar-refractivity contribution is 0.0958. The Labute approximate surface area is 112 Å². The van der Waals surface area contributed by atoms with E-state index in [9.17, 15) is 4.79 Å². The fourth-order valence-corrected chi connectivity index (χ4v) is 2.70. The number of nitrogens with zero attached hydrogens (tertiary/aromatic N) is 1. The SMILES string of the molecule is O=C(NCCc1ccncc1)c1ccc(Br)s1. The van der Waals surface area contributed by atoms with Crippen molar-refractivity contribution < 1.29 is 4.79 Å². The lowest BCUT2D eigenvalue weighted by Crippen LogP contribution is -2.24. The van der Waals surface area contributed by atoms with Gasteiger partial charge in [-0.3, -0.25) is 9.78 Å². The second-order valence-corrected chi connectivity index (χ2v) is 5.93. The molecule has 0 aliphatic heterocycles. The van der Waals surface area contributed by atoms with Crippen molar-refractivity contribution >= 4 is 33.2 Å². The number of hydrogen-bond acceptors (Lipinski definition) is 3. The Morgan fingerprint density at radius 2 is 2.06 bits per heavy atom. The summed E-state index contributed by atoms with van der Waals surface area (Å²) in [5.74, 6) is -0.0187. The highest BCUT2D eigenvalue weighted by Gasteiger charge is 2.07. The summed E-state index contributed by atoms with van der Waals surface area (Å²) in [7, 11) is 0. The molecule has 0 spiro atoms. The molecule has 2 aromatic rings. The number of pyridine rings is 1. The molecule has 2 aromatic heterocycles. The van der Waals surface area contributed by atoms with Gasteiger partial charge in [0.1, 0.15) is 0 Å². The first-order valence-corrected chi connectivity index (χ1v) is 6.79. The van der Waals surface area contributed by atoms with E-state index >= 15 is 0 Å². The van der Waals surface area contributed by atoms with Gasteiger partial charge < -0.3 is 5.32 Å². The third-order valence-corrected chi connectivity index (χ3v) is 3.87. The van der Waals surface area contributed by atoms with Gasteiger partial charge in [0.2, 0.25) is 0 Å². The van der Waals surface area contributed by atoms with Crippen LogP contribution < -0.4 is 5.32 Å².